The van der Waals surface area contributed by atoms with Crippen molar-refractivity contribution >= 4 is 14.7 Å². The summed E-state index contributed by atoms with van der Waals surface area (Å²) in [5.41, 5.74) is 1.57. The summed E-state index contributed by atoms with van der Waals surface area (Å²) in [6, 6.07) is 13.9. The third kappa shape index (κ3) is 3.16. The van der Waals surface area contributed by atoms with E-state index in [1.165, 1.54) is 0 Å². The molecule has 0 bridgehead atoms. The van der Waals surface area contributed by atoms with E-state index in [1.807, 2.05) is 13.0 Å². The molecule has 0 heterocycles. The summed E-state index contributed by atoms with van der Waals surface area (Å²) in [5.74, 6) is 0.696. The van der Waals surface area contributed by atoms with Crippen LogP contribution in [-0.2, 0) is 9.84 Å². The Morgan fingerprint density at radius 3 is 2.29 bits per heavy atom. The normalized spacial score (nSPS) is 12.2. The average Bonchev–Trinajstić information content (AvgIpc) is 2.48. The van der Waals surface area contributed by atoms with E-state index in [-0.39, 0.29) is 0 Å². The summed E-state index contributed by atoms with van der Waals surface area (Å²) >= 11 is 0. The van der Waals surface area contributed by atoms with Gasteiger partial charge in [-0.25, -0.2) is 8.42 Å². The first-order chi connectivity index (χ1) is 9.98. The number of methoxy groups -OCH3 is 1. The molecule has 2 aromatic rings. The molecule has 21 heavy (non-hydrogen) atoms. The molecule has 0 fully saturated rings. The van der Waals surface area contributed by atoms with Crippen molar-refractivity contribution in [2.75, 3.05) is 7.11 Å². The summed E-state index contributed by atoms with van der Waals surface area (Å²) in [7, 11) is -1.95. The first-order valence-electron chi connectivity index (χ1n) is 6.61. The van der Waals surface area contributed by atoms with Crippen LogP contribution in [0.25, 0.3) is 4.91 Å². The van der Waals surface area contributed by atoms with Gasteiger partial charge in [0.15, 0.2) is 0 Å². The smallest absolute Gasteiger partial charge is 0.206 e. The molecular formula is C17H18O3S. The van der Waals surface area contributed by atoms with Gasteiger partial charge in [-0.1, -0.05) is 18.2 Å². The molecule has 0 unspecified atom stereocenters. The lowest BCUT2D eigenvalue weighted by atomic mass is 10.2. The Morgan fingerprint density at radius 1 is 1.10 bits per heavy atom. The van der Waals surface area contributed by atoms with E-state index in [0.29, 0.717) is 21.1 Å². The molecule has 0 amide bonds. The molecule has 0 aliphatic carbocycles. The fourth-order valence-electron chi connectivity index (χ4n) is 2.14. The second kappa shape index (κ2) is 6.14. The van der Waals surface area contributed by atoms with Crippen molar-refractivity contribution in [2.24, 2.45) is 0 Å². The van der Waals surface area contributed by atoms with Crippen molar-refractivity contribution < 1.29 is 13.2 Å². The van der Waals surface area contributed by atoms with Crippen LogP contribution in [0, 0.1) is 6.92 Å². The van der Waals surface area contributed by atoms with E-state index in [9.17, 15) is 8.42 Å². The van der Waals surface area contributed by atoms with E-state index < -0.39 is 9.84 Å². The molecule has 0 atom stereocenters. The Hall–Kier alpha value is -2.07. The van der Waals surface area contributed by atoms with Crippen LogP contribution < -0.4 is 4.74 Å². The van der Waals surface area contributed by atoms with Gasteiger partial charge >= 0.3 is 0 Å². The second-order valence-electron chi connectivity index (χ2n) is 4.70. The molecule has 0 aliphatic rings. The van der Waals surface area contributed by atoms with Gasteiger partial charge in [0.05, 0.1) is 16.9 Å². The van der Waals surface area contributed by atoms with Gasteiger partial charge in [0.2, 0.25) is 9.84 Å². The third-order valence-electron chi connectivity index (χ3n) is 3.23. The molecule has 0 spiro atoms. The number of rotatable bonds is 4. The monoisotopic (exact) mass is 302 g/mol. The van der Waals surface area contributed by atoms with Gasteiger partial charge in [0, 0.05) is 0 Å². The maximum Gasteiger partial charge on any atom is 0.206 e. The fraction of sp³-hybridized carbons (Fsp3) is 0.176. The molecule has 2 rings (SSSR count). The summed E-state index contributed by atoms with van der Waals surface area (Å²) in [5, 5.41) is 0. The lowest BCUT2D eigenvalue weighted by Crippen LogP contribution is -2.04. The van der Waals surface area contributed by atoms with Gasteiger partial charge in [-0.3, -0.25) is 0 Å². The van der Waals surface area contributed by atoms with Crippen LogP contribution >= 0.6 is 0 Å². The maximum atomic E-state index is 12.8. The number of aryl methyl sites for hydroxylation is 1. The van der Waals surface area contributed by atoms with Gasteiger partial charge in [-0.15, -0.1) is 0 Å². The lowest BCUT2D eigenvalue weighted by Gasteiger charge is -2.10. The van der Waals surface area contributed by atoms with Crippen LogP contribution in [0.15, 0.2) is 59.5 Å². The molecule has 0 aliphatic heterocycles. The zero-order chi connectivity index (χ0) is 15.5. The van der Waals surface area contributed by atoms with Crippen LogP contribution in [0.1, 0.15) is 18.1 Å². The van der Waals surface area contributed by atoms with E-state index >= 15 is 0 Å². The van der Waals surface area contributed by atoms with Crippen molar-refractivity contribution in [3.8, 4) is 5.75 Å². The Labute approximate surface area is 125 Å². The zero-order valence-electron chi connectivity index (χ0n) is 12.3. The first-order valence-corrected chi connectivity index (χ1v) is 8.10. The number of ether oxygens (including phenoxy) is 1. The van der Waals surface area contributed by atoms with E-state index in [4.69, 9.17) is 4.74 Å². The molecule has 0 radical (unpaired) electrons. The molecule has 0 saturated heterocycles. The van der Waals surface area contributed by atoms with E-state index in [2.05, 4.69) is 0 Å². The predicted molar refractivity (Wildman–Crippen MR) is 85.0 cm³/mol. The minimum Gasteiger partial charge on any atom is -0.497 e. The highest BCUT2D eigenvalue weighted by Crippen LogP contribution is 2.29. The molecule has 2 aromatic carbocycles. The Bertz CT molecular complexity index is 757. The Balaban J connectivity index is 2.49. The highest BCUT2D eigenvalue weighted by Gasteiger charge is 2.21. The lowest BCUT2D eigenvalue weighted by molar-refractivity contribution is 0.415. The summed E-state index contributed by atoms with van der Waals surface area (Å²) in [4.78, 5) is 0.613. The van der Waals surface area contributed by atoms with Crippen LogP contribution in [0.4, 0.5) is 0 Å². The molecule has 4 heteroatoms. The molecule has 3 nitrogen and oxygen atoms in total. The maximum absolute atomic E-state index is 12.8. The number of allylic oxidation sites excluding steroid dienone is 1. The van der Waals surface area contributed by atoms with Gasteiger partial charge in [-0.05, 0) is 61.4 Å². The first kappa shape index (κ1) is 15.3. The largest absolute Gasteiger partial charge is 0.497 e. The predicted octanol–water partition coefficient (Wildman–Crippen LogP) is 3.84. The fourth-order valence-corrected chi connectivity index (χ4v) is 3.75. The number of sulfone groups is 1. The van der Waals surface area contributed by atoms with Gasteiger partial charge in [0.25, 0.3) is 0 Å². The van der Waals surface area contributed by atoms with Crippen LogP contribution in [0.2, 0.25) is 0 Å². The van der Waals surface area contributed by atoms with Crippen LogP contribution in [0.5, 0.6) is 5.75 Å². The highest BCUT2D eigenvalue weighted by atomic mass is 32.2. The van der Waals surface area contributed by atoms with Crippen molar-refractivity contribution in [3.63, 3.8) is 0 Å². The zero-order valence-corrected chi connectivity index (χ0v) is 13.1. The van der Waals surface area contributed by atoms with Gasteiger partial charge in [-0.2, -0.15) is 0 Å². The number of hydrogen-bond donors (Lipinski definition) is 0. The summed E-state index contributed by atoms with van der Waals surface area (Å²) < 4.78 is 30.6. The number of hydrogen-bond acceptors (Lipinski definition) is 3. The van der Waals surface area contributed by atoms with Crippen molar-refractivity contribution in [1.29, 1.82) is 0 Å². The summed E-state index contributed by atoms with van der Waals surface area (Å²) in [6.07, 6.45) is 1.62. The van der Waals surface area contributed by atoms with E-state index in [1.54, 1.807) is 62.6 Å². The third-order valence-corrected chi connectivity index (χ3v) is 5.15. The van der Waals surface area contributed by atoms with E-state index in [0.717, 1.165) is 5.56 Å². The van der Waals surface area contributed by atoms with Crippen LogP contribution in [0.3, 0.4) is 0 Å². The standard InChI is InChI=1S/C17H18O3S/c1-4-17(14-8-10-15(20-3)11-9-14)21(18,19)16-7-5-6-13(2)12-16/h4-12H,1-3H3. The quantitative estimate of drug-likeness (QED) is 0.862. The van der Waals surface area contributed by atoms with Gasteiger partial charge < -0.3 is 4.74 Å². The summed E-state index contributed by atoms with van der Waals surface area (Å²) in [6.45, 7) is 3.61. The van der Waals surface area contributed by atoms with Crippen LogP contribution in [-0.4, -0.2) is 15.5 Å². The second-order valence-corrected chi connectivity index (χ2v) is 6.62. The Morgan fingerprint density at radius 2 is 1.76 bits per heavy atom. The molecule has 0 N–H and O–H groups in total. The van der Waals surface area contributed by atoms with Crippen molar-refractivity contribution in [3.05, 3.63) is 65.7 Å². The van der Waals surface area contributed by atoms with Crippen molar-refractivity contribution in [2.45, 2.75) is 18.7 Å². The Kier molecular flexibility index (Phi) is 4.48. The van der Waals surface area contributed by atoms with Crippen molar-refractivity contribution in [1.82, 2.24) is 0 Å². The molecule has 0 aromatic heterocycles. The SMILES string of the molecule is CC=C(c1ccc(OC)cc1)S(=O)(=O)c1cccc(C)c1. The minimum absolute atomic E-state index is 0.302. The molecular weight excluding hydrogens is 284 g/mol. The number of benzene rings is 2. The minimum atomic E-state index is -3.53. The van der Waals surface area contributed by atoms with Gasteiger partial charge in [0.1, 0.15) is 5.75 Å². The molecule has 0 saturated carbocycles. The average molecular weight is 302 g/mol. The topological polar surface area (TPSA) is 43.4 Å². The highest BCUT2D eigenvalue weighted by molar-refractivity contribution is 8.00. The molecule has 110 valence electrons.